The maximum atomic E-state index is 12.8. The highest BCUT2D eigenvalue weighted by Crippen LogP contribution is 2.41. The fourth-order valence-electron chi connectivity index (χ4n) is 2.36. The van der Waals surface area contributed by atoms with Gasteiger partial charge in [0.15, 0.2) is 0 Å². The maximum absolute atomic E-state index is 12.8. The van der Waals surface area contributed by atoms with Crippen molar-refractivity contribution < 1.29 is 14.7 Å². The number of aromatic carboxylic acids is 1. The minimum absolute atomic E-state index is 0.0483. The van der Waals surface area contributed by atoms with E-state index in [1.807, 2.05) is 18.2 Å². The van der Waals surface area contributed by atoms with Crippen LogP contribution in [0.5, 0.6) is 0 Å². The van der Waals surface area contributed by atoms with Crippen molar-refractivity contribution in [1.82, 2.24) is 0 Å². The smallest absolute Gasteiger partial charge is 0.259 e. The molecular weight excluding hydrogens is 298 g/mol. The van der Waals surface area contributed by atoms with Crippen LogP contribution < -0.4 is 10.0 Å². The molecule has 0 atom stereocenters. The normalized spacial score (nSPS) is 13.1. The number of nitrogens with zero attached hydrogens (tertiary/aromatic N) is 1. The van der Waals surface area contributed by atoms with Crippen LogP contribution in [0.25, 0.3) is 0 Å². The number of carbonyl (C=O) groups is 2. The lowest BCUT2D eigenvalue weighted by atomic mass is 10.1. The first-order chi connectivity index (χ1) is 10.6. The molecule has 0 aromatic heterocycles. The topological polar surface area (TPSA) is 60.4 Å². The summed E-state index contributed by atoms with van der Waals surface area (Å²) in [4.78, 5) is 27.1. The molecule has 5 heteroatoms. The number of hydrogen-bond acceptors (Lipinski definition) is 4. The minimum atomic E-state index is -1.26. The molecule has 0 saturated carbocycles. The molecule has 0 radical (unpaired) electrons. The lowest BCUT2D eigenvalue weighted by molar-refractivity contribution is -0.255. The third-order valence-corrected chi connectivity index (χ3v) is 4.52. The molecule has 3 rings (SSSR count). The molecule has 0 unspecified atom stereocenters. The Hall–Kier alpha value is -2.53. The van der Waals surface area contributed by atoms with Gasteiger partial charge in [-0.1, -0.05) is 36.0 Å². The van der Waals surface area contributed by atoms with E-state index in [9.17, 15) is 14.7 Å². The zero-order valence-electron chi connectivity index (χ0n) is 11.6. The number of carboxylic acids is 1. The van der Waals surface area contributed by atoms with E-state index >= 15 is 0 Å². The molecule has 2 aromatic rings. The Morgan fingerprint density at radius 1 is 1.23 bits per heavy atom. The summed E-state index contributed by atoms with van der Waals surface area (Å²) in [6.45, 7) is 3.98. The summed E-state index contributed by atoms with van der Waals surface area (Å²) in [7, 11) is 0. The molecule has 0 bridgehead atoms. The molecular formula is C17H12NO3S-. The highest BCUT2D eigenvalue weighted by atomic mass is 32.2. The van der Waals surface area contributed by atoms with E-state index in [2.05, 4.69) is 6.58 Å². The third-order valence-electron chi connectivity index (χ3n) is 3.38. The van der Waals surface area contributed by atoms with Crippen molar-refractivity contribution in [3.8, 4) is 0 Å². The first-order valence-electron chi connectivity index (χ1n) is 6.67. The van der Waals surface area contributed by atoms with Crippen LogP contribution in [0, 0.1) is 0 Å². The fraction of sp³-hybridized carbons (Fsp3) is 0.0588. The van der Waals surface area contributed by atoms with Crippen molar-refractivity contribution in [2.24, 2.45) is 0 Å². The average molecular weight is 310 g/mol. The van der Waals surface area contributed by atoms with Crippen LogP contribution >= 0.6 is 11.8 Å². The molecule has 0 fully saturated rings. The Morgan fingerprint density at radius 3 is 2.73 bits per heavy atom. The number of rotatable bonds is 3. The Kier molecular flexibility index (Phi) is 3.73. The average Bonchev–Trinajstić information content (AvgIpc) is 2.63. The van der Waals surface area contributed by atoms with Crippen LogP contribution in [-0.2, 0) is 0 Å². The summed E-state index contributed by atoms with van der Waals surface area (Å²) >= 11 is 1.45. The molecule has 22 heavy (non-hydrogen) atoms. The number of hydrogen-bond donors (Lipinski definition) is 0. The minimum Gasteiger partial charge on any atom is -0.545 e. The second kappa shape index (κ2) is 5.69. The van der Waals surface area contributed by atoms with Gasteiger partial charge in [0.1, 0.15) is 0 Å². The Morgan fingerprint density at radius 2 is 2.00 bits per heavy atom. The first-order valence-corrected chi connectivity index (χ1v) is 7.48. The lowest BCUT2D eigenvalue weighted by Crippen LogP contribution is -2.31. The number of carbonyl (C=O) groups excluding carboxylic acids is 2. The van der Waals surface area contributed by atoms with Gasteiger partial charge < -0.3 is 14.8 Å². The predicted molar refractivity (Wildman–Crippen MR) is 83.2 cm³/mol. The molecule has 2 aromatic carbocycles. The van der Waals surface area contributed by atoms with Gasteiger partial charge in [0.2, 0.25) is 0 Å². The molecule has 1 heterocycles. The second-order valence-corrected chi connectivity index (χ2v) is 5.86. The summed E-state index contributed by atoms with van der Waals surface area (Å²) in [5.74, 6) is -1.43. The Bertz CT molecular complexity index is 785. The standard InChI is InChI=1S/C17H13NO3S/c1-2-9-18-13-10-11(17(20)21)7-8-15(13)22-14-6-4-3-5-12(14)16(18)19/h2-8,10H,1,9H2,(H,20,21)/p-1. The second-order valence-electron chi connectivity index (χ2n) is 4.77. The number of fused-ring (bicyclic) bond motifs is 2. The van der Waals surface area contributed by atoms with Gasteiger partial charge in [-0.2, -0.15) is 0 Å². The van der Waals surface area contributed by atoms with Gasteiger partial charge in [-0.25, -0.2) is 0 Å². The van der Waals surface area contributed by atoms with E-state index in [1.54, 1.807) is 18.2 Å². The largest absolute Gasteiger partial charge is 0.545 e. The van der Waals surface area contributed by atoms with Gasteiger partial charge in [0, 0.05) is 16.3 Å². The highest BCUT2D eigenvalue weighted by molar-refractivity contribution is 7.99. The van der Waals surface area contributed by atoms with Crippen LogP contribution in [-0.4, -0.2) is 18.4 Å². The van der Waals surface area contributed by atoms with Crippen LogP contribution in [0.2, 0.25) is 0 Å². The van der Waals surface area contributed by atoms with E-state index in [0.29, 0.717) is 17.8 Å². The predicted octanol–water partition coefficient (Wildman–Crippen LogP) is 2.35. The number of anilines is 1. The van der Waals surface area contributed by atoms with Crippen LogP contribution in [0.15, 0.2) is 64.9 Å². The van der Waals surface area contributed by atoms with Gasteiger partial charge in [0.25, 0.3) is 5.91 Å². The zero-order chi connectivity index (χ0) is 15.7. The first kappa shape index (κ1) is 14.4. The van der Waals surface area contributed by atoms with Crippen molar-refractivity contribution in [2.45, 2.75) is 9.79 Å². The molecule has 110 valence electrons. The van der Waals surface area contributed by atoms with Crippen LogP contribution in [0.1, 0.15) is 20.7 Å². The van der Waals surface area contributed by atoms with Crippen molar-refractivity contribution in [2.75, 3.05) is 11.4 Å². The van der Waals surface area contributed by atoms with E-state index in [4.69, 9.17) is 0 Å². The monoisotopic (exact) mass is 310 g/mol. The fourth-order valence-corrected chi connectivity index (χ4v) is 3.42. The quantitative estimate of drug-likeness (QED) is 0.817. The van der Waals surface area contributed by atoms with E-state index in [1.165, 1.54) is 28.8 Å². The molecule has 1 aliphatic rings. The number of carboxylic acid groups (broad SMARTS) is 1. The molecule has 0 N–H and O–H groups in total. The van der Waals surface area contributed by atoms with Gasteiger partial charge in [0.05, 0.1) is 17.2 Å². The van der Waals surface area contributed by atoms with Crippen LogP contribution in [0.4, 0.5) is 5.69 Å². The van der Waals surface area contributed by atoms with E-state index < -0.39 is 5.97 Å². The molecule has 4 nitrogen and oxygen atoms in total. The van der Waals surface area contributed by atoms with Gasteiger partial charge >= 0.3 is 0 Å². The molecule has 1 aliphatic heterocycles. The van der Waals surface area contributed by atoms with Crippen molar-refractivity contribution >= 4 is 29.3 Å². The summed E-state index contributed by atoms with van der Waals surface area (Å²) in [5, 5.41) is 11.1. The van der Waals surface area contributed by atoms with Crippen molar-refractivity contribution in [3.63, 3.8) is 0 Å². The Balaban J connectivity index is 2.21. The number of amides is 1. The molecule has 0 saturated heterocycles. The zero-order valence-corrected chi connectivity index (χ0v) is 12.4. The summed E-state index contributed by atoms with van der Waals surface area (Å²) in [6.07, 6.45) is 1.62. The number of benzene rings is 2. The SMILES string of the molecule is C=CCN1C(=O)c2ccccc2Sc2ccc(C(=O)[O-])cc21. The maximum Gasteiger partial charge on any atom is 0.259 e. The highest BCUT2D eigenvalue weighted by Gasteiger charge is 2.26. The molecule has 0 aliphatic carbocycles. The summed E-state index contributed by atoms with van der Waals surface area (Å²) in [6, 6.07) is 12.0. The summed E-state index contributed by atoms with van der Waals surface area (Å²) in [5.41, 5.74) is 1.21. The molecule has 1 amide bonds. The summed E-state index contributed by atoms with van der Waals surface area (Å²) < 4.78 is 0. The van der Waals surface area contributed by atoms with Gasteiger partial charge in [-0.05, 0) is 29.8 Å². The molecule has 0 spiro atoms. The van der Waals surface area contributed by atoms with E-state index in [0.717, 1.165) is 9.79 Å². The lowest BCUT2D eigenvalue weighted by Gasteiger charge is -2.22. The van der Waals surface area contributed by atoms with Crippen molar-refractivity contribution in [3.05, 3.63) is 66.2 Å². The van der Waals surface area contributed by atoms with E-state index in [-0.39, 0.29) is 11.5 Å². The van der Waals surface area contributed by atoms with Crippen molar-refractivity contribution in [1.29, 1.82) is 0 Å². The van der Waals surface area contributed by atoms with Gasteiger partial charge in [-0.3, -0.25) is 4.79 Å². The van der Waals surface area contributed by atoms with Gasteiger partial charge in [-0.15, -0.1) is 6.58 Å². The Labute approximate surface area is 132 Å². The third kappa shape index (κ3) is 2.40. The van der Waals surface area contributed by atoms with Crippen LogP contribution in [0.3, 0.4) is 0 Å².